The molecule has 0 N–H and O–H groups in total. The van der Waals surface area contributed by atoms with Crippen molar-refractivity contribution in [3.05, 3.63) is 54.7 Å². The van der Waals surface area contributed by atoms with Crippen LogP contribution in [0, 0.1) is 0 Å². The second kappa shape index (κ2) is 7.23. The van der Waals surface area contributed by atoms with Gasteiger partial charge in [-0.3, -0.25) is 4.79 Å². The first-order chi connectivity index (χ1) is 13.8. The monoisotopic (exact) mass is 372 g/mol. The summed E-state index contributed by atoms with van der Waals surface area (Å²) in [5, 5.41) is 2.42. The van der Waals surface area contributed by atoms with E-state index in [0.717, 1.165) is 56.6 Å². The molecule has 1 aromatic heterocycles. The van der Waals surface area contributed by atoms with E-state index in [1.165, 1.54) is 10.8 Å². The van der Waals surface area contributed by atoms with Gasteiger partial charge in [0.25, 0.3) is 0 Å². The molecule has 5 nitrogen and oxygen atoms in total. The molecule has 3 heterocycles. The van der Waals surface area contributed by atoms with Gasteiger partial charge in [-0.1, -0.05) is 36.4 Å². The lowest BCUT2D eigenvalue weighted by atomic mass is 10.1. The van der Waals surface area contributed by atoms with E-state index in [1.54, 1.807) is 0 Å². The molecule has 0 bridgehead atoms. The van der Waals surface area contributed by atoms with Crippen molar-refractivity contribution in [2.24, 2.45) is 0 Å². The number of rotatable bonds is 3. The molecule has 2 aromatic carbocycles. The van der Waals surface area contributed by atoms with Crippen molar-refractivity contribution >= 4 is 22.6 Å². The Labute approximate surface area is 165 Å². The number of hydrogen-bond donors (Lipinski definition) is 0. The smallest absolute Gasteiger partial charge is 0.245 e. The lowest BCUT2D eigenvalue weighted by Crippen LogP contribution is -2.45. The fourth-order valence-electron chi connectivity index (χ4n) is 4.41. The van der Waals surface area contributed by atoms with Gasteiger partial charge in [0, 0.05) is 31.4 Å². The molecule has 28 heavy (non-hydrogen) atoms. The van der Waals surface area contributed by atoms with E-state index in [-0.39, 0.29) is 11.9 Å². The van der Waals surface area contributed by atoms with Crippen LogP contribution in [0.3, 0.4) is 0 Å². The van der Waals surface area contributed by atoms with E-state index in [0.29, 0.717) is 5.95 Å². The zero-order valence-electron chi connectivity index (χ0n) is 15.9. The molecule has 2 aliphatic heterocycles. The zero-order valence-corrected chi connectivity index (χ0v) is 15.9. The Morgan fingerprint density at radius 2 is 1.75 bits per heavy atom. The molecule has 3 aromatic rings. The fraction of sp³-hybridized carbons (Fsp3) is 0.348. The normalized spacial score (nSPS) is 19.5. The topological polar surface area (TPSA) is 49.3 Å². The maximum Gasteiger partial charge on any atom is 0.245 e. The summed E-state index contributed by atoms with van der Waals surface area (Å²) in [6.07, 6.45) is 5.94. The molecule has 1 amide bonds. The molecule has 142 valence electrons. The van der Waals surface area contributed by atoms with Gasteiger partial charge in [-0.25, -0.2) is 9.97 Å². The van der Waals surface area contributed by atoms with Crippen molar-refractivity contribution in [2.45, 2.75) is 31.7 Å². The van der Waals surface area contributed by atoms with Crippen LogP contribution in [0.25, 0.3) is 22.0 Å². The summed E-state index contributed by atoms with van der Waals surface area (Å²) >= 11 is 0. The van der Waals surface area contributed by atoms with Gasteiger partial charge < -0.3 is 9.80 Å². The Balaban J connectivity index is 1.45. The number of likely N-dealkylation sites (tertiary alicyclic amines) is 1. The van der Waals surface area contributed by atoms with Crippen molar-refractivity contribution in [1.29, 1.82) is 0 Å². The quantitative estimate of drug-likeness (QED) is 0.700. The summed E-state index contributed by atoms with van der Waals surface area (Å²) in [5.41, 5.74) is 1.97. The summed E-state index contributed by atoms with van der Waals surface area (Å²) in [5.74, 6) is 0.912. The highest BCUT2D eigenvalue weighted by atomic mass is 16.2. The molecule has 0 unspecified atom stereocenters. The van der Waals surface area contributed by atoms with Gasteiger partial charge in [0.05, 0.1) is 5.69 Å². The number of anilines is 1. The maximum atomic E-state index is 13.0. The average molecular weight is 372 g/mol. The van der Waals surface area contributed by atoms with Crippen molar-refractivity contribution in [3.8, 4) is 11.3 Å². The van der Waals surface area contributed by atoms with Crippen molar-refractivity contribution in [2.75, 3.05) is 24.5 Å². The molecule has 2 saturated heterocycles. The van der Waals surface area contributed by atoms with Crippen LogP contribution in [0.1, 0.15) is 25.7 Å². The number of fused-ring (bicyclic) bond motifs is 1. The Morgan fingerprint density at radius 1 is 0.929 bits per heavy atom. The van der Waals surface area contributed by atoms with Crippen molar-refractivity contribution in [3.63, 3.8) is 0 Å². The molecule has 1 atom stereocenters. The molecule has 2 fully saturated rings. The van der Waals surface area contributed by atoms with E-state index < -0.39 is 0 Å². The number of amides is 1. The lowest BCUT2D eigenvalue weighted by Gasteiger charge is -2.27. The third-order valence-electron chi connectivity index (χ3n) is 5.90. The van der Waals surface area contributed by atoms with E-state index in [1.807, 2.05) is 17.2 Å². The first kappa shape index (κ1) is 17.2. The Morgan fingerprint density at radius 3 is 2.61 bits per heavy atom. The summed E-state index contributed by atoms with van der Waals surface area (Å²) < 4.78 is 0. The van der Waals surface area contributed by atoms with E-state index in [4.69, 9.17) is 4.98 Å². The minimum Gasteiger partial charge on any atom is -0.341 e. The minimum atomic E-state index is -0.120. The van der Waals surface area contributed by atoms with Gasteiger partial charge in [0.2, 0.25) is 11.9 Å². The number of hydrogen-bond acceptors (Lipinski definition) is 4. The van der Waals surface area contributed by atoms with E-state index >= 15 is 0 Å². The molecule has 5 rings (SSSR count). The summed E-state index contributed by atoms with van der Waals surface area (Å²) in [7, 11) is 0. The highest BCUT2D eigenvalue weighted by molar-refractivity contribution is 5.87. The van der Waals surface area contributed by atoms with Gasteiger partial charge in [0.15, 0.2) is 0 Å². The molecule has 0 saturated carbocycles. The van der Waals surface area contributed by atoms with Crippen LogP contribution in [-0.2, 0) is 4.79 Å². The number of carbonyl (C=O) groups excluding carboxylic acids is 1. The van der Waals surface area contributed by atoms with Crippen LogP contribution < -0.4 is 4.90 Å². The fourth-order valence-corrected chi connectivity index (χ4v) is 4.41. The largest absolute Gasteiger partial charge is 0.341 e. The predicted octanol–water partition coefficient (Wildman–Crippen LogP) is 3.89. The predicted molar refractivity (Wildman–Crippen MR) is 111 cm³/mol. The third-order valence-corrected chi connectivity index (χ3v) is 5.90. The first-order valence-corrected chi connectivity index (χ1v) is 10.2. The highest BCUT2D eigenvalue weighted by Crippen LogP contribution is 2.28. The molecule has 2 aliphatic rings. The summed E-state index contributed by atoms with van der Waals surface area (Å²) in [6.45, 7) is 2.62. The molecular weight excluding hydrogens is 348 g/mol. The lowest BCUT2D eigenvalue weighted by molar-refractivity contribution is -0.131. The van der Waals surface area contributed by atoms with Crippen LogP contribution in [0.4, 0.5) is 5.95 Å². The van der Waals surface area contributed by atoms with Crippen LogP contribution >= 0.6 is 0 Å². The molecule has 0 aliphatic carbocycles. The zero-order chi connectivity index (χ0) is 18.9. The standard InChI is InChI=1S/C23H24N4O/c28-22(26-13-3-4-14-26)21-8-5-15-27(21)23-24-12-11-20(25-23)19-10-9-17-6-1-2-7-18(17)16-19/h1-2,6-7,9-12,16,21H,3-5,8,13-15H2/t21-/m1/s1. The van der Waals surface area contributed by atoms with Crippen LogP contribution in [0.5, 0.6) is 0 Å². The Kier molecular flexibility index (Phi) is 4.43. The Bertz CT molecular complexity index is 1010. The number of aromatic nitrogens is 2. The molecule has 5 heteroatoms. The summed E-state index contributed by atoms with van der Waals surface area (Å²) in [4.78, 5) is 26.4. The highest BCUT2D eigenvalue weighted by Gasteiger charge is 2.36. The molecule has 0 radical (unpaired) electrons. The summed E-state index contributed by atoms with van der Waals surface area (Å²) in [6, 6.07) is 16.6. The van der Waals surface area contributed by atoms with E-state index in [2.05, 4.69) is 52.3 Å². The third kappa shape index (κ3) is 3.11. The number of benzene rings is 2. The minimum absolute atomic E-state index is 0.120. The number of carbonyl (C=O) groups is 1. The van der Waals surface area contributed by atoms with Crippen molar-refractivity contribution in [1.82, 2.24) is 14.9 Å². The van der Waals surface area contributed by atoms with Crippen LogP contribution in [-0.4, -0.2) is 46.5 Å². The molecule has 0 spiro atoms. The second-order valence-electron chi connectivity index (χ2n) is 7.69. The average Bonchev–Trinajstić information content (AvgIpc) is 3.45. The molecular formula is C23H24N4O. The van der Waals surface area contributed by atoms with Gasteiger partial charge in [-0.15, -0.1) is 0 Å². The van der Waals surface area contributed by atoms with Gasteiger partial charge in [0.1, 0.15) is 6.04 Å². The van der Waals surface area contributed by atoms with Crippen LogP contribution in [0.15, 0.2) is 54.7 Å². The van der Waals surface area contributed by atoms with Gasteiger partial charge in [-0.05, 0) is 48.6 Å². The maximum absolute atomic E-state index is 13.0. The first-order valence-electron chi connectivity index (χ1n) is 10.2. The van der Waals surface area contributed by atoms with Crippen molar-refractivity contribution < 1.29 is 4.79 Å². The van der Waals surface area contributed by atoms with E-state index in [9.17, 15) is 4.79 Å². The SMILES string of the molecule is O=C([C@H]1CCCN1c1nccc(-c2ccc3ccccc3c2)n1)N1CCCC1. The second-order valence-corrected chi connectivity index (χ2v) is 7.69. The van der Waals surface area contributed by atoms with Gasteiger partial charge in [-0.2, -0.15) is 0 Å². The Hall–Kier alpha value is -2.95. The number of nitrogens with zero attached hydrogens (tertiary/aromatic N) is 4. The van der Waals surface area contributed by atoms with Crippen LogP contribution in [0.2, 0.25) is 0 Å². The van der Waals surface area contributed by atoms with Gasteiger partial charge >= 0.3 is 0 Å².